The van der Waals surface area contributed by atoms with Crippen molar-refractivity contribution in [1.29, 1.82) is 0 Å². The van der Waals surface area contributed by atoms with E-state index in [4.69, 9.17) is 15.2 Å². The van der Waals surface area contributed by atoms with Crippen molar-refractivity contribution in [2.45, 2.75) is 16.9 Å². The third-order valence-corrected chi connectivity index (χ3v) is 4.67. The van der Waals surface area contributed by atoms with E-state index in [1.165, 1.54) is 13.2 Å². The Balaban J connectivity index is 2.15. The molecular weight excluding hydrogens is 287 g/mol. The summed E-state index contributed by atoms with van der Waals surface area (Å²) in [6.07, 6.45) is 0.595. The number of benzene rings is 1. The van der Waals surface area contributed by atoms with Crippen LogP contribution < -0.4 is 10.5 Å². The van der Waals surface area contributed by atoms with E-state index < -0.39 is 21.4 Å². The van der Waals surface area contributed by atoms with Gasteiger partial charge >= 0.3 is 0 Å². The van der Waals surface area contributed by atoms with Crippen molar-refractivity contribution in [3.63, 3.8) is 0 Å². The number of sulfonamides is 1. The van der Waals surface area contributed by atoms with Crippen LogP contribution in [-0.4, -0.2) is 40.9 Å². The topological polar surface area (TPSA) is 90.7 Å². The lowest BCUT2D eigenvalue weighted by atomic mass is 10.0. The lowest BCUT2D eigenvalue weighted by Gasteiger charge is -2.25. The van der Waals surface area contributed by atoms with Crippen molar-refractivity contribution in [3.05, 3.63) is 24.0 Å². The molecule has 1 unspecified atom stereocenters. The molecule has 1 heterocycles. The molecular formula is C12H17FN2O4S. The summed E-state index contributed by atoms with van der Waals surface area (Å²) in [5.41, 5.74) is 4.83. The predicted octanol–water partition coefficient (Wildman–Crippen LogP) is 0.492. The van der Waals surface area contributed by atoms with Gasteiger partial charge in [-0.15, -0.1) is 0 Å². The van der Waals surface area contributed by atoms with Gasteiger partial charge in [-0.1, -0.05) is 0 Å². The van der Waals surface area contributed by atoms with Crippen molar-refractivity contribution in [1.82, 2.24) is 4.72 Å². The largest absolute Gasteiger partial charge is 0.399 e. The summed E-state index contributed by atoms with van der Waals surface area (Å²) >= 11 is 0. The Kier molecular flexibility index (Phi) is 4.28. The molecule has 0 radical (unpaired) electrons. The summed E-state index contributed by atoms with van der Waals surface area (Å²) in [7, 11) is -2.34. The lowest BCUT2D eigenvalue weighted by Crippen LogP contribution is -2.44. The maximum atomic E-state index is 13.2. The average molecular weight is 304 g/mol. The molecule has 2 rings (SSSR count). The third-order valence-electron chi connectivity index (χ3n) is 3.29. The highest BCUT2D eigenvalue weighted by molar-refractivity contribution is 7.89. The first-order chi connectivity index (χ1) is 9.37. The highest BCUT2D eigenvalue weighted by Gasteiger charge is 2.36. The number of nitrogens with one attached hydrogen (secondary N) is 1. The Morgan fingerprint density at radius 2 is 2.25 bits per heavy atom. The quantitative estimate of drug-likeness (QED) is 0.773. The van der Waals surface area contributed by atoms with Crippen molar-refractivity contribution in [3.8, 4) is 0 Å². The molecule has 0 saturated carbocycles. The molecule has 1 aliphatic rings. The van der Waals surface area contributed by atoms with Crippen LogP contribution in [0.3, 0.4) is 0 Å². The SMILES string of the molecule is COC1(CNS(=O)(=O)c2cc(N)cc(F)c2)CCOC1. The maximum absolute atomic E-state index is 13.2. The van der Waals surface area contributed by atoms with Gasteiger partial charge in [-0.25, -0.2) is 17.5 Å². The molecule has 1 saturated heterocycles. The van der Waals surface area contributed by atoms with E-state index >= 15 is 0 Å². The first kappa shape index (κ1) is 15.2. The fraction of sp³-hybridized carbons (Fsp3) is 0.500. The van der Waals surface area contributed by atoms with Gasteiger partial charge in [0.25, 0.3) is 0 Å². The molecule has 6 nitrogen and oxygen atoms in total. The standard InChI is InChI=1S/C12H17FN2O4S/c1-18-12(2-3-19-8-12)7-15-20(16,17)11-5-9(13)4-10(14)6-11/h4-6,15H,2-3,7-8,14H2,1H3. The second-order valence-corrected chi connectivity index (χ2v) is 6.50. The number of nitrogens with two attached hydrogens (primary N) is 1. The Bertz CT molecular complexity index is 565. The first-order valence-electron chi connectivity index (χ1n) is 6.06. The smallest absolute Gasteiger partial charge is 0.240 e. The zero-order chi connectivity index (χ0) is 14.8. The van der Waals surface area contributed by atoms with E-state index in [0.29, 0.717) is 19.6 Å². The lowest BCUT2D eigenvalue weighted by molar-refractivity contribution is -0.0120. The number of methoxy groups -OCH3 is 1. The molecule has 0 amide bonds. The molecule has 0 aliphatic carbocycles. The summed E-state index contributed by atoms with van der Waals surface area (Å²) in [5, 5.41) is 0. The number of ether oxygens (including phenoxy) is 2. The van der Waals surface area contributed by atoms with E-state index in [1.54, 1.807) is 0 Å². The second kappa shape index (κ2) is 5.65. The Hall–Kier alpha value is -1.22. The molecule has 112 valence electrons. The summed E-state index contributed by atoms with van der Waals surface area (Å²) in [6.45, 7) is 0.891. The molecule has 20 heavy (non-hydrogen) atoms. The molecule has 0 bridgehead atoms. The zero-order valence-electron chi connectivity index (χ0n) is 11.1. The highest BCUT2D eigenvalue weighted by Crippen LogP contribution is 2.23. The fourth-order valence-electron chi connectivity index (χ4n) is 2.01. The minimum Gasteiger partial charge on any atom is -0.399 e. The van der Waals surface area contributed by atoms with Crippen LogP contribution in [0, 0.1) is 5.82 Å². The molecule has 1 fully saturated rings. The van der Waals surface area contributed by atoms with Gasteiger partial charge in [0, 0.05) is 32.4 Å². The van der Waals surface area contributed by atoms with Gasteiger partial charge in [0.15, 0.2) is 0 Å². The van der Waals surface area contributed by atoms with E-state index in [9.17, 15) is 12.8 Å². The van der Waals surface area contributed by atoms with Crippen LogP contribution in [0.2, 0.25) is 0 Å². The van der Waals surface area contributed by atoms with Crippen molar-refractivity contribution >= 4 is 15.7 Å². The molecule has 0 aromatic heterocycles. The van der Waals surface area contributed by atoms with E-state index in [0.717, 1.165) is 12.1 Å². The average Bonchev–Trinajstić information content (AvgIpc) is 2.85. The predicted molar refractivity (Wildman–Crippen MR) is 71.2 cm³/mol. The monoisotopic (exact) mass is 304 g/mol. The van der Waals surface area contributed by atoms with Crippen LogP contribution in [0.15, 0.2) is 23.1 Å². The van der Waals surface area contributed by atoms with Crippen LogP contribution in [0.4, 0.5) is 10.1 Å². The minimum atomic E-state index is -3.85. The molecule has 1 aromatic rings. The Morgan fingerprint density at radius 3 is 2.80 bits per heavy atom. The van der Waals surface area contributed by atoms with Gasteiger partial charge in [0.05, 0.1) is 11.5 Å². The van der Waals surface area contributed by atoms with Crippen LogP contribution in [0.1, 0.15) is 6.42 Å². The van der Waals surface area contributed by atoms with E-state index in [2.05, 4.69) is 4.72 Å². The van der Waals surface area contributed by atoms with Crippen molar-refractivity contribution in [2.75, 3.05) is 32.6 Å². The minimum absolute atomic E-state index is 0.0519. The summed E-state index contributed by atoms with van der Waals surface area (Å²) in [6, 6.07) is 3.18. The number of hydrogen-bond acceptors (Lipinski definition) is 5. The molecule has 1 atom stereocenters. The van der Waals surface area contributed by atoms with E-state index in [1.807, 2.05) is 0 Å². The molecule has 8 heteroatoms. The van der Waals surface area contributed by atoms with Gasteiger partial charge in [0.1, 0.15) is 11.4 Å². The van der Waals surface area contributed by atoms with Crippen LogP contribution in [0.25, 0.3) is 0 Å². The Morgan fingerprint density at radius 1 is 1.50 bits per heavy atom. The van der Waals surface area contributed by atoms with Gasteiger partial charge in [-0.3, -0.25) is 0 Å². The molecule has 0 spiro atoms. The first-order valence-corrected chi connectivity index (χ1v) is 7.54. The molecule has 1 aliphatic heterocycles. The number of anilines is 1. The normalized spacial score (nSPS) is 23.1. The number of nitrogen functional groups attached to an aromatic ring is 1. The number of halogens is 1. The van der Waals surface area contributed by atoms with Crippen LogP contribution in [-0.2, 0) is 19.5 Å². The van der Waals surface area contributed by atoms with Gasteiger partial charge in [-0.05, 0) is 18.2 Å². The third kappa shape index (κ3) is 3.26. The van der Waals surface area contributed by atoms with Gasteiger partial charge in [0.2, 0.25) is 10.0 Å². The number of rotatable bonds is 5. The van der Waals surface area contributed by atoms with Crippen molar-refractivity contribution in [2.24, 2.45) is 0 Å². The fourth-order valence-corrected chi connectivity index (χ4v) is 3.19. The van der Waals surface area contributed by atoms with Crippen molar-refractivity contribution < 1.29 is 22.3 Å². The van der Waals surface area contributed by atoms with E-state index in [-0.39, 0.29) is 17.1 Å². The number of hydrogen-bond donors (Lipinski definition) is 2. The van der Waals surface area contributed by atoms with Gasteiger partial charge in [-0.2, -0.15) is 0 Å². The molecule has 1 aromatic carbocycles. The van der Waals surface area contributed by atoms with Crippen LogP contribution in [0.5, 0.6) is 0 Å². The summed E-state index contributed by atoms with van der Waals surface area (Å²) in [5.74, 6) is -0.698. The molecule has 3 N–H and O–H groups in total. The second-order valence-electron chi connectivity index (χ2n) is 4.73. The zero-order valence-corrected chi connectivity index (χ0v) is 11.9. The van der Waals surface area contributed by atoms with Gasteiger partial charge < -0.3 is 15.2 Å². The van der Waals surface area contributed by atoms with Crippen LogP contribution >= 0.6 is 0 Å². The summed E-state index contributed by atoms with van der Waals surface area (Å²) in [4.78, 5) is -0.208. The highest BCUT2D eigenvalue weighted by atomic mass is 32.2. The maximum Gasteiger partial charge on any atom is 0.240 e. The Labute approximate surface area is 117 Å². The summed E-state index contributed by atoms with van der Waals surface area (Å²) < 4.78 is 50.4.